The first-order chi connectivity index (χ1) is 5.45. The van der Waals surface area contributed by atoms with Gasteiger partial charge in [-0.3, -0.25) is 0 Å². The van der Waals surface area contributed by atoms with Gasteiger partial charge in [0.05, 0.1) is 5.92 Å². The summed E-state index contributed by atoms with van der Waals surface area (Å²) in [6, 6.07) is 0. The summed E-state index contributed by atoms with van der Waals surface area (Å²) in [5.41, 5.74) is 5.26. The average molecular weight is 182 g/mol. The van der Waals surface area contributed by atoms with Crippen molar-refractivity contribution in [1.82, 2.24) is 4.90 Å². The molecular formula is C7H13F3N2. The molecule has 0 bridgehead atoms. The maximum atomic E-state index is 12.3. The van der Waals surface area contributed by atoms with Gasteiger partial charge < -0.3 is 10.6 Å². The third kappa shape index (κ3) is 1.90. The Labute approximate surface area is 69.5 Å². The standard InChI is InChI=1S/C7H13F3N2/c1-12-3-5(2-11)6(4-12)7(8,9)10/h5-6H,2-4,11H2,1H3/t5-,6-/m0/s1. The second-order valence-electron chi connectivity index (χ2n) is 3.37. The fraction of sp³-hybridized carbons (Fsp3) is 1.00. The summed E-state index contributed by atoms with van der Waals surface area (Å²) in [4.78, 5) is 1.68. The molecule has 1 rings (SSSR count). The van der Waals surface area contributed by atoms with E-state index in [-0.39, 0.29) is 13.1 Å². The molecule has 5 heteroatoms. The van der Waals surface area contributed by atoms with Crippen molar-refractivity contribution in [1.29, 1.82) is 0 Å². The highest BCUT2D eigenvalue weighted by Gasteiger charge is 2.48. The molecule has 2 N–H and O–H groups in total. The van der Waals surface area contributed by atoms with E-state index in [1.54, 1.807) is 11.9 Å². The summed E-state index contributed by atoms with van der Waals surface area (Å²) in [6.45, 7) is 0.667. The molecule has 1 fully saturated rings. The Bertz CT molecular complexity index is 157. The molecule has 0 aromatic rings. The van der Waals surface area contributed by atoms with Gasteiger partial charge in [0.25, 0.3) is 0 Å². The van der Waals surface area contributed by atoms with Crippen LogP contribution >= 0.6 is 0 Å². The van der Waals surface area contributed by atoms with Crippen molar-refractivity contribution >= 4 is 0 Å². The zero-order valence-electron chi connectivity index (χ0n) is 6.93. The molecule has 72 valence electrons. The average Bonchev–Trinajstić information content (AvgIpc) is 2.29. The van der Waals surface area contributed by atoms with Gasteiger partial charge in [0.1, 0.15) is 0 Å². The van der Waals surface area contributed by atoms with Gasteiger partial charge in [-0.25, -0.2) is 0 Å². The van der Waals surface area contributed by atoms with Crippen molar-refractivity contribution in [3.63, 3.8) is 0 Å². The second kappa shape index (κ2) is 3.22. The minimum Gasteiger partial charge on any atom is -0.330 e. The Kier molecular flexibility index (Phi) is 2.63. The first kappa shape index (κ1) is 9.80. The lowest BCUT2D eigenvalue weighted by Gasteiger charge is -2.19. The van der Waals surface area contributed by atoms with Crippen molar-refractivity contribution in [3.05, 3.63) is 0 Å². The normalized spacial score (nSPS) is 32.8. The smallest absolute Gasteiger partial charge is 0.330 e. The van der Waals surface area contributed by atoms with Gasteiger partial charge >= 0.3 is 6.18 Å². The number of halogens is 3. The molecule has 0 aliphatic carbocycles. The van der Waals surface area contributed by atoms with Gasteiger partial charge in [-0.2, -0.15) is 13.2 Å². The largest absolute Gasteiger partial charge is 0.393 e. The predicted octanol–water partition coefficient (Wildman–Crippen LogP) is 0.685. The number of alkyl halides is 3. The lowest BCUT2D eigenvalue weighted by atomic mass is 9.96. The van der Waals surface area contributed by atoms with E-state index in [0.717, 1.165) is 0 Å². The van der Waals surface area contributed by atoms with Gasteiger partial charge in [-0.1, -0.05) is 0 Å². The molecule has 0 aromatic carbocycles. The van der Waals surface area contributed by atoms with Crippen LogP contribution in [0.5, 0.6) is 0 Å². The monoisotopic (exact) mass is 182 g/mol. The summed E-state index contributed by atoms with van der Waals surface area (Å²) < 4.78 is 36.9. The third-order valence-corrected chi connectivity index (χ3v) is 2.35. The molecule has 1 heterocycles. The van der Waals surface area contributed by atoms with E-state index in [1.165, 1.54) is 0 Å². The van der Waals surface area contributed by atoms with E-state index in [9.17, 15) is 13.2 Å². The minimum absolute atomic E-state index is 0.0887. The lowest BCUT2D eigenvalue weighted by molar-refractivity contribution is -0.179. The molecule has 2 nitrogen and oxygen atoms in total. The van der Waals surface area contributed by atoms with Crippen LogP contribution < -0.4 is 5.73 Å². The molecule has 0 saturated carbocycles. The van der Waals surface area contributed by atoms with Gasteiger partial charge in [0.2, 0.25) is 0 Å². The highest BCUT2D eigenvalue weighted by molar-refractivity contribution is 4.87. The van der Waals surface area contributed by atoms with Crippen molar-refractivity contribution in [2.75, 3.05) is 26.7 Å². The number of nitrogens with zero attached hydrogens (tertiary/aromatic N) is 1. The topological polar surface area (TPSA) is 29.3 Å². The Balaban J connectivity index is 2.64. The summed E-state index contributed by atoms with van der Waals surface area (Å²) in [5, 5.41) is 0. The first-order valence-corrected chi connectivity index (χ1v) is 3.90. The van der Waals surface area contributed by atoms with Crippen LogP contribution in [0, 0.1) is 11.8 Å². The first-order valence-electron chi connectivity index (χ1n) is 3.90. The van der Waals surface area contributed by atoms with E-state index in [4.69, 9.17) is 5.73 Å². The van der Waals surface area contributed by atoms with Crippen LogP contribution in [0.1, 0.15) is 0 Å². The Hall–Kier alpha value is -0.290. The Morgan fingerprint density at radius 3 is 2.33 bits per heavy atom. The van der Waals surface area contributed by atoms with Crippen LogP contribution in [0.4, 0.5) is 13.2 Å². The molecule has 1 aliphatic heterocycles. The van der Waals surface area contributed by atoms with Crippen LogP contribution in [-0.4, -0.2) is 37.8 Å². The highest BCUT2D eigenvalue weighted by atomic mass is 19.4. The van der Waals surface area contributed by atoms with Gasteiger partial charge in [0.15, 0.2) is 0 Å². The maximum absolute atomic E-state index is 12.3. The van der Waals surface area contributed by atoms with Crippen LogP contribution in [0.2, 0.25) is 0 Å². The molecule has 0 amide bonds. The summed E-state index contributed by atoms with van der Waals surface area (Å²) in [5.74, 6) is -1.65. The van der Waals surface area contributed by atoms with Crippen LogP contribution in [-0.2, 0) is 0 Å². The second-order valence-corrected chi connectivity index (χ2v) is 3.37. The summed E-state index contributed by atoms with van der Waals surface area (Å²) in [7, 11) is 1.69. The molecule has 1 saturated heterocycles. The van der Waals surface area contributed by atoms with E-state index in [1.807, 2.05) is 0 Å². The molecular weight excluding hydrogens is 169 g/mol. The van der Waals surface area contributed by atoms with E-state index in [0.29, 0.717) is 6.54 Å². The van der Waals surface area contributed by atoms with Crippen LogP contribution in [0.3, 0.4) is 0 Å². The molecule has 0 spiro atoms. The van der Waals surface area contributed by atoms with E-state index < -0.39 is 18.0 Å². The molecule has 0 unspecified atom stereocenters. The maximum Gasteiger partial charge on any atom is 0.393 e. The molecule has 12 heavy (non-hydrogen) atoms. The van der Waals surface area contributed by atoms with Gasteiger partial charge in [0, 0.05) is 13.1 Å². The fourth-order valence-electron chi connectivity index (χ4n) is 1.70. The zero-order valence-corrected chi connectivity index (χ0v) is 6.93. The zero-order chi connectivity index (χ0) is 9.35. The Morgan fingerprint density at radius 2 is 2.00 bits per heavy atom. The highest BCUT2D eigenvalue weighted by Crippen LogP contribution is 2.36. The number of hydrogen-bond acceptors (Lipinski definition) is 2. The van der Waals surface area contributed by atoms with Gasteiger partial charge in [-0.15, -0.1) is 0 Å². The van der Waals surface area contributed by atoms with Crippen molar-refractivity contribution in [2.24, 2.45) is 17.6 Å². The minimum atomic E-state index is -4.09. The van der Waals surface area contributed by atoms with Crippen LogP contribution in [0.15, 0.2) is 0 Å². The number of rotatable bonds is 1. The lowest BCUT2D eigenvalue weighted by Crippen LogP contribution is -2.33. The number of hydrogen-bond donors (Lipinski definition) is 1. The fourth-order valence-corrected chi connectivity index (χ4v) is 1.70. The summed E-state index contributed by atoms with van der Waals surface area (Å²) in [6.07, 6.45) is -4.09. The number of nitrogens with two attached hydrogens (primary N) is 1. The van der Waals surface area contributed by atoms with Crippen molar-refractivity contribution in [2.45, 2.75) is 6.18 Å². The summed E-state index contributed by atoms with van der Waals surface area (Å²) >= 11 is 0. The van der Waals surface area contributed by atoms with Crippen molar-refractivity contribution in [3.8, 4) is 0 Å². The molecule has 1 aliphatic rings. The van der Waals surface area contributed by atoms with Crippen molar-refractivity contribution < 1.29 is 13.2 Å². The van der Waals surface area contributed by atoms with E-state index >= 15 is 0 Å². The molecule has 2 atom stereocenters. The third-order valence-electron chi connectivity index (χ3n) is 2.35. The van der Waals surface area contributed by atoms with Crippen LogP contribution in [0.25, 0.3) is 0 Å². The number of likely N-dealkylation sites (tertiary alicyclic amines) is 1. The van der Waals surface area contributed by atoms with Gasteiger partial charge in [-0.05, 0) is 19.5 Å². The Morgan fingerprint density at radius 1 is 1.42 bits per heavy atom. The van der Waals surface area contributed by atoms with E-state index in [2.05, 4.69) is 0 Å². The predicted molar refractivity (Wildman–Crippen MR) is 39.6 cm³/mol. The quantitative estimate of drug-likeness (QED) is 0.646. The SMILES string of the molecule is CN1C[C@H](CN)[C@@H](C(F)(F)F)C1. The molecule has 0 aromatic heterocycles. The molecule has 0 radical (unpaired) electrons.